The topological polar surface area (TPSA) is 132 Å². The fraction of sp³-hybridized carbons (Fsp3) is 0.679. The summed E-state index contributed by atoms with van der Waals surface area (Å²) in [6, 6.07) is 4.42. The van der Waals surface area contributed by atoms with Gasteiger partial charge in [0.15, 0.2) is 12.1 Å². The normalized spacial score (nSPS) is 34.1. The first kappa shape index (κ1) is 30.9. The number of rotatable bonds is 8. The highest BCUT2D eigenvalue weighted by Gasteiger charge is 2.66. The van der Waals surface area contributed by atoms with E-state index < -0.39 is 67.6 Å². The van der Waals surface area contributed by atoms with Gasteiger partial charge in [0.1, 0.15) is 40.8 Å². The summed E-state index contributed by atoms with van der Waals surface area (Å²) in [6.07, 6.45) is -4.07. The molecule has 3 heterocycles. The number of phosphoric ester groups is 1. The fourth-order valence-corrected chi connectivity index (χ4v) is 7.36. The lowest BCUT2D eigenvalue weighted by atomic mass is 9.71. The van der Waals surface area contributed by atoms with Crippen molar-refractivity contribution in [1.82, 2.24) is 0 Å². The molecule has 1 aromatic carbocycles. The van der Waals surface area contributed by atoms with Crippen molar-refractivity contribution in [3.05, 3.63) is 39.2 Å². The van der Waals surface area contributed by atoms with E-state index in [1.807, 2.05) is 27.7 Å². The van der Waals surface area contributed by atoms with E-state index in [-0.39, 0.29) is 22.3 Å². The monoisotopic (exact) mass is 616 g/mol. The molecule has 9 unspecified atom stereocenters. The summed E-state index contributed by atoms with van der Waals surface area (Å²) in [5.41, 5.74) is -0.631. The SMILES string of the molecule is CCOC(C)OC1C2OC(C)(C)OC2C(OP(=O)(O)Oc2ccc3c(C)c(Cl)c(=O)oc3c2)C2C1OC(C)(C)C2C. The van der Waals surface area contributed by atoms with E-state index in [4.69, 9.17) is 48.7 Å². The molecule has 13 heteroatoms. The fourth-order valence-electron chi connectivity index (χ4n) is 6.23. The van der Waals surface area contributed by atoms with Crippen molar-refractivity contribution < 1.29 is 46.6 Å². The van der Waals surface area contributed by atoms with Crippen LogP contribution < -0.4 is 10.1 Å². The molecule has 1 aliphatic carbocycles. The molecule has 41 heavy (non-hydrogen) atoms. The third-order valence-electron chi connectivity index (χ3n) is 8.30. The van der Waals surface area contributed by atoms with Crippen LogP contribution in [0.2, 0.25) is 5.02 Å². The molecule has 5 rings (SSSR count). The van der Waals surface area contributed by atoms with Crippen LogP contribution >= 0.6 is 19.4 Å². The summed E-state index contributed by atoms with van der Waals surface area (Å²) in [6.45, 7) is 15.3. The van der Waals surface area contributed by atoms with E-state index >= 15 is 0 Å². The van der Waals surface area contributed by atoms with Crippen molar-refractivity contribution in [3.63, 3.8) is 0 Å². The van der Waals surface area contributed by atoms with Crippen molar-refractivity contribution in [2.75, 3.05) is 6.61 Å². The lowest BCUT2D eigenvalue weighted by Crippen LogP contribution is -2.61. The molecular weight excluding hydrogens is 579 g/mol. The Hall–Kier alpha value is -1.53. The van der Waals surface area contributed by atoms with E-state index in [1.165, 1.54) is 12.1 Å². The Morgan fingerprint density at radius 1 is 1.10 bits per heavy atom. The molecule has 3 aliphatic rings. The molecule has 2 aliphatic heterocycles. The van der Waals surface area contributed by atoms with Crippen LogP contribution in [0.25, 0.3) is 11.0 Å². The molecule has 0 bridgehead atoms. The van der Waals surface area contributed by atoms with E-state index in [0.29, 0.717) is 17.6 Å². The maximum absolute atomic E-state index is 13.5. The molecule has 2 aromatic rings. The minimum atomic E-state index is -4.76. The molecule has 2 saturated heterocycles. The zero-order valence-electron chi connectivity index (χ0n) is 24.4. The minimum absolute atomic E-state index is 0.0242. The van der Waals surface area contributed by atoms with Gasteiger partial charge in [-0.2, -0.15) is 0 Å². The summed E-state index contributed by atoms with van der Waals surface area (Å²) < 4.78 is 61.3. The second kappa shape index (κ2) is 10.9. The Kier molecular flexibility index (Phi) is 8.20. The van der Waals surface area contributed by atoms with Crippen LogP contribution in [0.15, 0.2) is 27.4 Å². The lowest BCUT2D eigenvalue weighted by molar-refractivity contribution is -0.245. The zero-order chi connectivity index (χ0) is 30.1. The smallest absolute Gasteiger partial charge is 0.421 e. The summed E-state index contributed by atoms with van der Waals surface area (Å²) >= 11 is 6.02. The highest BCUT2D eigenvalue weighted by Crippen LogP contribution is 2.57. The third kappa shape index (κ3) is 5.86. The molecule has 1 aromatic heterocycles. The number of fused-ring (bicyclic) bond motifs is 3. The first-order valence-corrected chi connectivity index (χ1v) is 15.6. The molecule has 0 radical (unpaired) electrons. The van der Waals surface area contributed by atoms with Crippen LogP contribution in [0, 0.1) is 18.8 Å². The molecule has 1 saturated carbocycles. The van der Waals surface area contributed by atoms with Gasteiger partial charge < -0.3 is 32.6 Å². The van der Waals surface area contributed by atoms with E-state index in [0.717, 1.165) is 0 Å². The average Bonchev–Trinajstić information content (AvgIpc) is 3.31. The predicted octanol–water partition coefficient (Wildman–Crippen LogP) is 5.35. The number of benzene rings is 1. The van der Waals surface area contributed by atoms with Gasteiger partial charge >= 0.3 is 13.4 Å². The maximum atomic E-state index is 13.5. The second-order valence-corrected chi connectivity index (χ2v) is 13.6. The Morgan fingerprint density at radius 3 is 2.41 bits per heavy atom. The standard InChI is InChI=1S/C28H38ClO11P/c1-9-33-15(4)34-23-21-19(14(3)27(5,6)36-21)22(24-25(23)38-28(7,8)37-24)40-41(31,32)39-16-10-11-17-13(2)20(29)26(30)35-18(17)12-16/h10-12,14-15,19,21-25H,9H2,1-8H3,(H,31,32). The van der Waals surface area contributed by atoms with Gasteiger partial charge in [0, 0.05) is 24.0 Å². The summed E-state index contributed by atoms with van der Waals surface area (Å²) in [4.78, 5) is 23.1. The quantitative estimate of drug-likeness (QED) is 0.234. The number of halogens is 1. The summed E-state index contributed by atoms with van der Waals surface area (Å²) in [5, 5.41) is 0.540. The molecule has 1 N–H and O–H groups in total. The van der Waals surface area contributed by atoms with Gasteiger partial charge in [-0.3, -0.25) is 9.42 Å². The summed E-state index contributed by atoms with van der Waals surface area (Å²) in [5.74, 6) is -1.57. The van der Waals surface area contributed by atoms with Crippen LogP contribution in [0.4, 0.5) is 0 Å². The van der Waals surface area contributed by atoms with Gasteiger partial charge in [0.05, 0.1) is 11.7 Å². The maximum Gasteiger partial charge on any atom is 0.527 e. The van der Waals surface area contributed by atoms with Crippen LogP contribution in [0.3, 0.4) is 0 Å². The van der Waals surface area contributed by atoms with E-state index in [2.05, 4.69) is 0 Å². The number of aryl methyl sites for hydroxylation is 1. The molecule has 228 valence electrons. The van der Waals surface area contributed by atoms with Gasteiger partial charge in [-0.15, -0.1) is 0 Å². The van der Waals surface area contributed by atoms with Gasteiger partial charge in [-0.25, -0.2) is 9.36 Å². The second-order valence-electron chi connectivity index (χ2n) is 11.9. The van der Waals surface area contributed by atoms with Gasteiger partial charge in [0.2, 0.25) is 0 Å². The first-order chi connectivity index (χ1) is 19.0. The Morgan fingerprint density at radius 2 is 1.76 bits per heavy atom. The number of hydrogen-bond donors (Lipinski definition) is 1. The highest BCUT2D eigenvalue weighted by molar-refractivity contribution is 7.47. The Labute approximate surface area is 243 Å². The Bertz CT molecular complexity index is 1410. The molecule has 11 nitrogen and oxygen atoms in total. The zero-order valence-corrected chi connectivity index (χ0v) is 26.1. The average molecular weight is 617 g/mol. The van der Waals surface area contributed by atoms with E-state index in [1.54, 1.807) is 33.8 Å². The Balaban J connectivity index is 1.47. The van der Waals surface area contributed by atoms with Crippen LogP contribution in [0.5, 0.6) is 5.75 Å². The van der Waals surface area contributed by atoms with Crippen LogP contribution in [-0.2, 0) is 32.8 Å². The minimum Gasteiger partial charge on any atom is -0.421 e. The number of hydrogen-bond acceptors (Lipinski definition) is 10. The molecule has 9 atom stereocenters. The molecule has 0 spiro atoms. The predicted molar refractivity (Wildman–Crippen MR) is 149 cm³/mol. The number of ether oxygens (including phenoxy) is 5. The lowest BCUT2D eigenvalue weighted by Gasteiger charge is -2.45. The summed E-state index contributed by atoms with van der Waals surface area (Å²) in [7, 11) is -4.76. The van der Waals surface area contributed by atoms with Crippen molar-refractivity contribution in [3.8, 4) is 5.75 Å². The third-order valence-corrected chi connectivity index (χ3v) is 9.69. The molecular formula is C28H38ClO11P. The van der Waals surface area contributed by atoms with Crippen LogP contribution in [-0.4, -0.2) is 59.7 Å². The van der Waals surface area contributed by atoms with Crippen molar-refractivity contribution in [2.45, 2.75) is 104 Å². The van der Waals surface area contributed by atoms with Crippen LogP contribution in [0.1, 0.15) is 54.0 Å². The highest BCUT2D eigenvalue weighted by atomic mass is 35.5. The first-order valence-electron chi connectivity index (χ1n) is 13.8. The van der Waals surface area contributed by atoms with Crippen molar-refractivity contribution in [1.29, 1.82) is 0 Å². The van der Waals surface area contributed by atoms with Crippen molar-refractivity contribution in [2.24, 2.45) is 11.8 Å². The molecule has 0 amide bonds. The van der Waals surface area contributed by atoms with Gasteiger partial charge in [-0.1, -0.05) is 18.5 Å². The number of phosphoric acid groups is 1. The largest absolute Gasteiger partial charge is 0.527 e. The van der Waals surface area contributed by atoms with Gasteiger partial charge in [0.25, 0.3) is 0 Å². The van der Waals surface area contributed by atoms with Gasteiger partial charge in [-0.05, 0) is 72.1 Å². The van der Waals surface area contributed by atoms with E-state index in [9.17, 15) is 14.3 Å². The van der Waals surface area contributed by atoms with Crippen molar-refractivity contribution >= 4 is 30.4 Å². The molecule has 3 fully saturated rings.